The average Bonchev–Trinajstić information content (AvgIpc) is 3.54. The van der Waals surface area contributed by atoms with Gasteiger partial charge in [-0.05, 0) is 89.9 Å². The van der Waals surface area contributed by atoms with Gasteiger partial charge in [0.15, 0.2) is 24.6 Å². The number of aliphatic hydroxyl groups excluding tert-OH is 2. The summed E-state index contributed by atoms with van der Waals surface area (Å²) in [5, 5.41) is 31.6. The molecule has 0 aromatic rings. The van der Waals surface area contributed by atoms with Crippen LogP contribution >= 0.6 is 0 Å². The lowest BCUT2D eigenvalue weighted by atomic mass is 9.98. The molecular weight excluding hydrogens is 1020 g/mol. The van der Waals surface area contributed by atoms with Crippen molar-refractivity contribution < 1.29 is 58.2 Å². The molecule has 0 aromatic carbocycles. The Hall–Kier alpha value is -4.10. The van der Waals surface area contributed by atoms with Gasteiger partial charge in [-0.25, -0.2) is 4.79 Å². The number of esters is 3. The Balaban J connectivity index is 2.66. The molecule has 1 aliphatic rings. The minimum absolute atomic E-state index is 0.0418. The fraction of sp³-hybridized carbons (Fsp3) is 0.739. The first-order valence-electron chi connectivity index (χ1n) is 32.6. The van der Waals surface area contributed by atoms with E-state index in [1.807, 2.05) is 0 Å². The normalized spacial score (nSPS) is 18.3. The molecule has 1 saturated heterocycles. The van der Waals surface area contributed by atoms with E-state index >= 15 is 0 Å². The molecular formula is C69H116O12. The van der Waals surface area contributed by atoms with Gasteiger partial charge in [0.1, 0.15) is 18.8 Å². The topological polar surface area (TPSA) is 175 Å². The van der Waals surface area contributed by atoms with Crippen molar-refractivity contribution in [2.75, 3.05) is 13.2 Å². The number of aliphatic carboxylic acids is 1. The minimum Gasteiger partial charge on any atom is -0.479 e. The predicted octanol–water partition coefficient (Wildman–Crippen LogP) is 17.5. The molecule has 1 heterocycles. The molecule has 1 aliphatic heterocycles. The standard InChI is InChI=1S/C69H116O12/c1-4-7-10-13-16-19-22-25-28-30-31-33-36-39-42-45-48-51-54-57-63(72)80-67-65(74)64(73)66(68(75)76)81-69(67)78-59-60(79-62(71)56-53-50-47-44-41-38-34-27-24-21-18-15-12-9-6-3)58-77-61(70)55-52-49-46-43-40-37-35-32-29-26-23-20-17-14-11-8-5-2/h7-8,10-11,16-17,19-20,25-26,28-29,31,33,60,64-67,69,73-74H,4-6,9,12-15,18,21-24,27,30,32,34-59H2,1-3H3,(H,75,76)/b10-7-,11-8-,19-16-,20-17-,28-25-,29-26-,33-31-. The Kier molecular flexibility index (Phi) is 52.1. The van der Waals surface area contributed by atoms with E-state index in [0.29, 0.717) is 19.3 Å². The quantitative estimate of drug-likeness (QED) is 0.0228. The summed E-state index contributed by atoms with van der Waals surface area (Å²) < 4.78 is 28.5. The van der Waals surface area contributed by atoms with Crippen LogP contribution < -0.4 is 0 Å². The summed E-state index contributed by atoms with van der Waals surface area (Å²) in [7, 11) is 0. The fourth-order valence-electron chi connectivity index (χ4n) is 9.55. The van der Waals surface area contributed by atoms with E-state index in [4.69, 9.17) is 23.7 Å². The van der Waals surface area contributed by atoms with E-state index in [1.54, 1.807) is 0 Å². The van der Waals surface area contributed by atoms with Gasteiger partial charge in [-0.1, -0.05) is 254 Å². The van der Waals surface area contributed by atoms with Crippen LogP contribution in [-0.4, -0.2) is 89.2 Å². The largest absolute Gasteiger partial charge is 0.479 e. The van der Waals surface area contributed by atoms with Crippen molar-refractivity contribution in [2.24, 2.45) is 0 Å². The number of carbonyl (C=O) groups is 4. The second kappa shape index (κ2) is 56.4. The lowest BCUT2D eigenvalue weighted by Crippen LogP contribution is -2.61. The van der Waals surface area contributed by atoms with E-state index in [9.17, 15) is 34.5 Å². The summed E-state index contributed by atoms with van der Waals surface area (Å²) in [5.41, 5.74) is 0. The SMILES string of the molecule is CC/C=C\C/C=C\C/C=C\C/C=C\CCCCCCCCC(=O)OC1C(OCC(COC(=O)CCCCCCCCC/C=C\C/C=C\C/C=C\CC)OC(=O)CCCCCCCCCCCCCCCCC)OC(C(=O)O)C(O)C1O. The van der Waals surface area contributed by atoms with Crippen molar-refractivity contribution in [3.8, 4) is 0 Å². The summed E-state index contributed by atoms with van der Waals surface area (Å²) in [6, 6.07) is 0. The van der Waals surface area contributed by atoms with Gasteiger partial charge in [-0.3, -0.25) is 14.4 Å². The number of carboxylic acid groups (broad SMARTS) is 1. The third kappa shape index (κ3) is 46.0. The van der Waals surface area contributed by atoms with E-state index in [0.717, 1.165) is 141 Å². The van der Waals surface area contributed by atoms with Gasteiger partial charge >= 0.3 is 23.9 Å². The smallest absolute Gasteiger partial charge is 0.335 e. The van der Waals surface area contributed by atoms with Crippen LogP contribution in [0.2, 0.25) is 0 Å². The monoisotopic (exact) mass is 1140 g/mol. The van der Waals surface area contributed by atoms with E-state index in [2.05, 4.69) is 106 Å². The zero-order valence-corrected chi connectivity index (χ0v) is 51.3. The zero-order chi connectivity index (χ0) is 58.9. The second-order valence-electron chi connectivity index (χ2n) is 22.0. The highest BCUT2D eigenvalue weighted by Gasteiger charge is 2.50. The zero-order valence-electron chi connectivity index (χ0n) is 51.3. The lowest BCUT2D eigenvalue weighted by Gasteiger charge is -2.40. The fourth-order valence-corrected chi connectivity index (χ4v) is 9.55. The van der Waals surface area contributed by atoms with Gasteiger partial charge in [0.25, 0.3) is 0 Å². The van der Waals surface area contributed by atoms with Gasteiger partial charge in [0.2, 0.25) is 0 Å². The Bertz CT molecular complexity index is 1730. The maximum absolute atomic E-state index is 13.2. The molecule has 0 saturated carbocycles. The third-order valence-corrected chi connectivity index (χ3v) is 14.5. The molecule has 6 atom stereocenters. The van der Waals surface area contributed by atoms with Gasteiger partial charge in [0.05, 0.1) is 6.61 Å². The summed E-state index contributed by atoms with van der Waals surface area (Å²) in [4.78, 5) is 51.3. The molecule has 0 bridgehead atoms. The van der Waals surface area contributed by atoms with Crippen molar-refractivity contribution in [3.05, 3.63) is 85.1 Å². The molecule has 0 aliphatic carbocycles. The van der Waals surface area contributed by atoms with Crippen molar-refractivity contribution in [2.45, 2.75) is 314 Å². The average molecular weight is 1140 g/mol. The lowest BCUT2D eigenvalue weighted by molar-refractivity contribution is -0.301. The number of hydrogen-bond donors (Lipinski definition) is 3. The molecule has 1 rings (SSSR count). The van der Waals surface area contributed by atoms with Crippen LogP contribution in [0.1, 0.15) is 278 Å². The molecule has 12 nitrogen and oxygen atoms in total. The number of ether oxygens (including phenoxy) is 5. The molecule has 81 heavy (non-hydrogen) atoms. The van der Waals surface area contributed by atoms with Crippen molar-refractivity contribution in [1.82, 2.24) is 0 Å². The van der Waals surface area contributed by atoms with Crippen LogP contribution in [0.4, 0.5) is 0 Å². The molecule has 1 fully saturated rings. The Morgan fingerprint density at radius 3 is 1.19 bits per heavy atom. The number of carboxylic acids is 1. The summed E-state index contributed by atoms with van der Waals surface area (Å²) in [5.74, 6) is -3.14. The number of rotatable bonds is 55. The number of aliphatic hydroxyl groups is 2. The second-order valence-corrected chi connectivity index (χ2v) is 22.0. The van der Waals surface area contributed by atoms with Crippen LogP contribution in [0.3, 0.4) is 0 Å². The van der Waals surface area contributed by atoms with E-state index in [-0.39, 0.29) is 25.9 Å². The van der Waals surface area contributed by atoms with Gasteiger partial charge in [-0.2, -0.15) is 0 Å². The summed E-state index contributed by atoms with van der Waals surface area (Å²) in [6.07, 6.45) is 61.0. The molecule has 12 heteroatoms. The highest BCUT2D eigenvalue weighted by molar-refractivity contribution is 5.74. The summed E-state index contributed by atoms with van der Waals surface area (Å²) in [6.45, 7) is 5.79. The maximum Gasteiger partial charge on any atom is 0.335 e. The molecule has 6 unspecified atom stereocenters. The third-order valence-electron chi connectivity index (χ3n) is 14.5. The van der Waals surface area contributed by atoms with Crippen LogP contribution in [0.15, 0.2) is 85.1 Å². The highest BCUT2D eigenvalue weighted by Crippen LogP contribution is 2.27. The van der Waals surface area contributed by atoms with Gasteiger partial charge < -0.3 is 39.0 Å². The van der Waals surface area contributed by atoms with Crippen LogP contribution in [0, 0.1) is 0 Å². The van der Waals surface area contributed by atoms with Crippen molar-refractivity contribution >= 4 is 23.9 Å². The predicted molar refractivity (Wildman–Crippen MR) is 331 cm³/mol. The van der Waals surface area contributed by atoms with Crippen molar-refractivity contribution in [1.29, 1.82) is 0 Å². The Morgan fingerprint density at radius 1 is 0.420 bits per heavy atom. The molecule has 0 radical (unpaired) electrons. The Labute approximate surface area is 492 Å². The maximum atomic E-state index is 13.2. The molecule has 3 N–H and O–H groups in total. The molecule has 0 spiro atoms. The minimum atomic E-state index is -1.91. The van der Waals surface area contributed by atoms with Crippen LogP contribution in [0.25, 0.3) is 0 Å². The van der Waals surface area contributed by atoms with Gasteiger partial charge in [0, 0.05) is 19.3 Å². The highest BCUT2D eigenvalue weighted by atomic mass is 16.7. The van der Waals surface area contributed by atoms with Gasteiger partial charge in [-0.15, -0.1) is 0 Å². The van der Waals surface area contributed by atoms with Crippen molar-refractivity contribution in [3.63, 3.8) is 0 Å². The molecule has 464 valence electrons. The van der Waals surface area contributed by atoms with Crippen LogP contribution in [-0.2, 0) is 42.9 Å². The van der Waals surface area contributed by atoms with Crippen LogP contribution in [0.5, 0.6) is 0 Å². The summed E-state index contributed by atoms with van der Waals surface area (Å²) >= 11 is 0. The first-order valence-corrected chi connectivity index (χ1v) is 32.6. The first-order chi connectivity index (χ1) is 39.6. The van der Waals surface area contributed by atoms with E-state index < -0.39 is 67.3 Å². The molecule has 0 aromatic heterocycles. The Morgan fingerprint density at radius 2 is 0.778 bits per heavy atom. The number of carbonyl (C=O) groups excluding carboxylic acids is 3. The number of unbranched alkanes of at least 4 members (excludes halogenated alkanes) is 27. The van der Waals surface area contributed by atoms with E-state index in [1.165, 1.54) is 77.0 Å². The number of hydrogen-bond acceptors (Lipinski definition) is 11. The molecule has 0 amide bonds. The first kappa shape index (κ1) is 74.9. The number of allylic oxidation sites excluding steroid dienone is 14.